The fourth-order valence-electron chi connectivity index (χ4n) is 3.77. The Morgan fingerprint density at radius 1 is 1.40 bits per heavy atom. The first-order valence-electron chi connectivity index (χ1n) is 9.13. The standard InChI is InChI=1S/C20H28FN3O/c1-14(2)9-17-11-22-23-20(17)16-5-4-8-24(13-16)12-15-6-7-18(21)19(10-15)25-3/h6-7,10-11,14,16H,4-5,8-9,12-13H2,1-3H3,(H,22,23). The molecule has 3 rings (SSSR count). The van der Waals surface area contributed by atoms with Gasteiger partial charge in [0.05, 0.1) is 13.3 Å². The van der Waals surface area contributed by atoms with Gasteiger partial charge in [-0.25, -0.2) is 4.39 Å². The van der Waals surface area contributed by atoms with Gasteiger partial charge in [-0.05, 0) is 55.0 Å². The van der Waals surface area contributed by atoms with Crippen molar-refractivity contribution < 1.29 is 9.13 Å². The lowest BCUT2D eigenvalue weighted by Gasteiger charge is -2.33. The summed E-state index contributed by atoms with van der Waals surface area (Å²) in [5, 5.41) is 7.53. The molecule has 0 amide bonds. The van der Waals surface area contributed by atoms with Crippen LogP contribution in [0.5, 0.6) is 5.75 Å². The molecular weight excluding hydrogens is 317 g/mol. The van der Waals surface area contributed by atoms with Crippen LogP contribution in [0.4, 0.5) is 4.39 Å². The molecule has 1 saturated heterocycles. The van der Waals surface area contributed by atoms with E-state index in [9.17, 15) is 4.39 Å². The molecule has 0 bridgehead atoms. The molecule has 2 heterocycles. The second kappa shape index (κ2) is 8.00. The van der Waals surface area contributed by atoms with Gasteiger partial charge in [0.15, 0.2) is 11.6 Å². The lowest BCUT2D eigenvalue weighted by atomic mass is 9.90. The topological polar surface area (TPSA) is 41.1 Å². The number of nitrogens with zero attached hydrogens (tertiary/aromatic N) is 2. The third kappa shape index (κ3) is 4.40. The van der Waals surface area contributed by atoms with Crippen LogP contribution in [0.1, 0.15) is 49.4 Å². The van der Waals surface area contributed by atoms with E-state index in [1.807, 2.05) is 12.3 Å². The van der Waals surface area contributed by atoms with Gasteiger partial charge in [-0.3, -0.25) is 10.00 Å². The summed E-state index contributed by atoms with van der Waals surface area (Å²) < 4.78 is 18.7. The molecular formula is C20H28FN3O. The summed E-state index contributed by atoms with van der Waals surface area (Å²) in [7, 11) is 1.51. The van der Waals surface area contributed by atoms with Crippen LogP contribution in [-0.2, 0) is 13.0 Å². The van der Waals surface area contributed by atoms with Gasteiger partial charge in [-0.2, -0.15) is 5.10 Å². The van der Waals surface area contributed by atoms with Crippen LogP contribution < -0.4 is 4.74 Å². The number of ether oxygens (including phenoxy) is 1. The summed E-state index contributed by atoms with van der Waals surface area (Å²) >= 11 is 0. The van der Waals surface area contributed by atoms with Crippen LogP contribution >= 0.6 is 0 Å². The zero-order valence-electron chi connectivity index (χ0n) is 15.4. The van der Waals surface area contributed by atoms with E-state index in [-0.39, 0.29) is 5.82 Å². The van der Waals surface area contributed by atoms with Crippen molar-refractivity contribution in [2.45, 2.75) is 45.6 Å². The molecule has 1 aromatic heterocycles. The Kier molecular flexibility index (Phi) is 5.74. The predicted molar refractivity (Wildman–Crippen MR) is 97.3 cm³/mol. The summed E-state index contributed by atoms with van der Waals surface area (Å²) in [6.07, 6.45) is 5.41. The number of piperidine rings is 1. The Morgan fingerprint density at radius 2 is 2.24 bits per heavy atom. The Bertz CT molecular complexity index is 698. The minimum Gasteiger partial charge on any atom is -0.494 e. The smallest absolute Gasteiger partial charge is 0.165 e. The molecule has 5 heteroatoms. The van der Waals surface area contributed by atoms with E-state index in [1.165, 1.54) is 37.3 Å². The van der Waals surface area contributed by atoms with Gasteiger partial charge in [0, 0.05) is 24.7 Å². The maximum Gasteiger partial charge on any atom is 0.165 e. The lowest BCUT2D eigenvalue weighted by molar-refractivity contribution is 0.197. The fourth-order valence-corrected chi connectivity index (χ4v) is 3.77. The highest BCUT2D eigenvalue weighted by Gasteiger charge is 2.25. The van der Waals surface area contributed by atoms with E-state index < -0.39 is 0 Å². The van der Waals surface area contributed by atoms with Crippen molar-refractivity contribution in [2.75, 3.05) is 20.2 Å². The van der Waals surface area contributed by atoms with Crippen LogP contribution in [0.15, 0.2) is 24.4 Å². The van der Waals surface area contributed by atoms with Gasteiger partial charge in [0.1, 0.15) is 0 Å². The monoisotopic (exact) mass is 345 g/mol. The number of hydrogen-bond donors (Lipinski definition) is 1. The number of aromatic nitrogens is 2. The third-order valence-electron chi connectivity index (χ3n) is 4.91. The molecule has 0 aliphatic carbocycles. The average molecular weight is 345 g/mol. The van der Waals surface area contributed by atoms with Crippen molar-refractivity contribution in [2.24, 2.45) is 5.92 Å². The second-order valence-electron chi connectivity index (χ2n) is 7.45. The van der Waals surface area contributed by atoms with Crippen molar-refractivity contribution >= 4 is 0 Å². The Hall–Kier alpha value is -1.88. The molecule has 2 aromatic rings. The number of rotatable bonds is 6. The number of likely N-dealkylation sites (tertiary alicyclic amines) is 1. The first-order chi connectivity index (χ1) is 12.1. The molecule has 136 valence electrons. The van der Waals surface area contributed by atoms with Crippen LogP contribution in [0.3, 0.4) is 0 Å². The van der Waals surface area contributed by atoms with Gasteiger partial charge < -0.3 is 4.74 Å². The second-order valence-corrected chi connectivity index (χ2v) is 7.45. The molecule has 1 N–H and O–H groups in total. The molecule has 0 saturated carbocycles. The average Bonchev–Trinajstić information content (AvgIpc) is 3.04. The van der Waals surface area contributed by atoms with Gasteiger partial charge >= 0.3 is 0 Å². The van der Waals surface area contributed by atoms with Crippen LogP contribution in [0, 0.1) is 11.7 Å². The zero-order valence-corrected chi connectivity index (χ0v) is 15.4. The quantitative estimate of drug-likeness (QED) is 0.856. The summed E-state index contributed by atoms with van der Waals surface area (Å²) in [5.41, 5.74) is 3.74. The van der Waals surface area contributed by atoms with E-state index in [2.05, 4.69) is 28.9 Å². The van der Waals surface area contributed by atoms with Gasteiger partial charge in [0.2, 0.25) is 0 Å². The van der Waals surface area contributed by atoms with Crippen LogP contribution in [0.25, 0.3) is 0 Å². The SMILES string of the molecule is COc1cc(CN2CCCC(c3[nH]ncc3CC(C)C)C2)ccc1F. The summed E-state index contributed by atoms with van der Waals surface area (Å²) in [6.45, 7) is 7.38. The molecule has 1 unspecified atom stereocenters. The molecule has 0 radical (unpaired) electrons. The van der Waals surface area contributed by atoms with E-state index in [0.717, 1.165) is 31.6 Å². The predicted octanol–water partition coefficient (Wildman–Crippen LogP) is 4.14. The van der Waals surface area contributed by atoms with Gasteiger partial charge in [-0.15, -0.1) is 0 Å². The van der Waals surface area contributed by atoms with E-state index >= 15 is 0 Å². The zero-order chi connectivity index (χ0) is 17.8. The number of H-pyrrole nitrogens is 1. The maximum absolute atomic E-state index is 13.6. The van der Waals surface area contributed by atoms with E-state index in [4.69, 9.17) is 4.74 Å². The van der Waals surface area contributed by atoms with Crippen molar-refractivity contribution in [3.63, 3.8) is 0 Å². The molecule has 1 aliphatic rings. The van der Waals surface area contributed by atoms with Gasteiger partial charge in [0.25, 0.3) is 0 Å². The minimum atomic E-state index is -0.307. The summed E-state index contributed by atoms with van der Waals surface area (Å²) in [4.78, 5) is 2.45. The van der Waals surface area contributed by atoms with Crippen molar-refractivity contribution in [3.05, 3.63) is 47.0 Å². The highest BCUT2D eigenvalue weighted by Crippen LogP contribution is 2.30. The summed E-state index contributed by atoms with van der Waals surface area (Å²) in [6, 6.07) is 5.15. The van der Waals surface area contributed by atoms with E-state index in [0.29, 0.717) is 17.6 Å². The number of hydrogen-bond acceptors (Lipinski definition) is 3. The molecule has 1 aliphatic heterocycles. The molecule has 4 nitrogen and oxygen atoms in total. The van der Waals surface area contributed by atoms with Crippen molar-refractivity contribution in [1.29, 1.82) is 0 Å². The fraction of sp³-hybridized carbons (Fsp3) is 0.550. The minimum absolute atomic E-state index is 0.307. The first kappa shape index (κ1) is 17.9. The largest absolute Gasteiger partial charge is 0.494 e. The maximum atomic E-state index is 13.6. The van der Waals surface area contributed by atoms with E-state index in [1.54, 1.807) is 6.07 Å². The highest BCUT2D eigenvalue weighted by molar-refractivity contribution is 5.30. The number of nitrogens with one attached hydrogen (secondary N) is 1. The number of halogens is 1. The Balaban J connectivity index is 1.68. The highest BCUT2D eigenvalue weighted by atomic mass is 19.1. The Morgan fingerprint density at radius 3 is 3.00 bits per heavy atom. The lowest BCUT2D eigenvalue weighted by Crippen LogP contribution is -2.34. The molecule has 0 spiro atoms. The molecule has 25 heavy (non-hydrogen) atoms. The van der Waals surface area contributed by atoms with Crippen molar-refractivity contribution in [1.82, 2.24) is 15.1 Å². The molecule has 1 atom stereocenters. The number of aromatic amines is 1. The normalized spacial score (nSPS) is 18.7. The van der Waals surface area contributed by atoms with Crippen LogP contribution in [0.2, 0.25) is 0 Å². The van der Waals surface area contributed by atoms with Crippen LogP contribution in [-0.4, -0.2) is 35.3 Å². The van der Waals surface area contributed by atoms with Gasteiger partial charge in [-0.1, -0.05) is 19.9 Å². The number of benzene rings is 1. The molecule has 1 fully saturated rings. The molecule has 1 aromatic carbocycles. The Labute approximate surface area is 149 Å². The van der Waals surface area contributed by atoms with Crippen molar-refractivity contribution in [3.8, 4) is 5.75 Å². The third-order valence-corrected chi connectivity index (χ3v) is 4.91. The number of methoxy groups -OCH3 is 1. The summed E-state index contributed by atoms with van der Waals surface area (Å²) in [5.74, 6) is 1.13. The first-order valence-corrected chi connectivity index (χ1v) is 9.13.